The van der Waals surface area contributed by atoms with Gasteiger partial charge in [-0.3, -0.25) is 0 Å². The van der Waals surface area contributed by atoms with Crippen molar-refractivity contribution in [1.29, 1.82) is 0 Å². The molecule has 1 aliphatic rings. The first kappa shape index (κ1) is 7.97. The molecule has 0 saturated carbocycles. The molecule has 0 amide bonds. The van der Waals surface area contributed by atoms with E-state index in [1.165, 1.54) is 10.6 Å². The van der Waals surface area contributed by atoms with E-state index in [0.717, 1.165) is 0 Å². The number of hydrogen-bond acceptors (Lipinski definition) is 3. The number of sulfonamides is 1. The molecule has 1 fully saturated rings. The van der Waals surface area contributed by atoms with Crippen LogP contribution in [0.1, 0.15) is 6.92 Å². The number of rotatable bonds is 1. The maximum absolute atomic E-state index is 10.8. The Morgan fingerprint density at radius 3 is 2.00 bits per heavy atom. The van der Waals surface area contributed by atoms with Crippen LogP contribution in [0, 0.1) is 0 Å². The zero-order valence-corrected chi connectivity index (χ0v) is 6.98. The summed E-state index contributed by atoms with van der Waals surface area (Å²) >= 11 is 0. The lowest BCUT2D eigenvalue weighted by molar-refractivity contribution is 0.177. The molecular weight excluding hydrogens is 152 g/mol. The van der Waals surface area contributed by atoms with Gasteiger partial charge in [0, 0.05) is 18.6 Å². The number of nitrogens with zero attached hydrogens (tertiary/aromatic N) is 1. The fraction of sp³-hybridized carbons (Fsp3) is 1.00. The van der Waals surface area contributed by atoms with E-state index >= 15 is 0 Å². The van der Waals surface area contributed by atoms with Gasteiger partial charge in [0.25, 0.3) is 0 Å². The lowest BCUT2D eigenvalue weighted by atomic mass is 9.97. The first-order chi connectivity index (χ1) is 4.31. The minimum atomic E-state index is -2.98. The van der Waals surface area contributed by atoms with Gasteiger partial charge in [-0.2, -0.15) is 4.31 Å². The second-order valence-electron chi connectivity index (χ2n) is 3.19. The van der Waals surface area contributed by atoms with E-state index in [1.54, 1.807) is 0 Å². The molecule has 4 nitrogen and oxygen atoms in total. The van der Waals surface area contributed by atoms with Crippen LogP contribution < -0.4 is 5.73 Å². The van der Waals surface area contributed by atoms with Gasteiger partial charge in [0.15, 0.2) is 0 Å². The lowest BCUT2D eigenvalue weighted by Crippen LogP contribution is -2.66. The monoisotopic (exact) mass is 164 g/mol. The molecule has 5 heteroatoms. The maximum Gasteiger partial charge on any atom is 0.211 e. The zero-order valence-electron chi connectivity index (χ0n) is 6.16. The lowest BCUT2D eigenvalue weighted by Gasteiger charge is -2.43. The summed E-state index contributed by atoms with van der Waals surface area (Å²) in [7, 11) is -2.98. The summed E-state index contributed by atoms with van der Waals surface area (Å²) < 4.78 is 22.9. The molecule has 0 aromatic carbocycles. The van der Waals surface area contributed by atoms with Gasteiger partial charge in [0.1, 0.15) is 0 Å². The SMILES string of the molecule is CC1(N)CN(S(C)(=O)=O)C1. The van der Waals surface area contributed by atoms with Crippen molar-refractivity contribution in [2.45, 2.75) is 12.5 Å². The third-order valence-electron chi connectivity index (χ3n) is 1.54. The minimum absolute atomic E-state index is 0.302. The predicted molar refractivity (Wildman–Crippen MR) is 39.0 cm³/mol. The minimum Gasteiger partial charge on any atom is -0.323 e. The molecule has 0 aliphatic carbocycles. The highest BCUT2D eigenvalue weighted by molar-refractivity contribution is 7.88. The molecule has 0 radical (unpaired) electrons. The van der Waals surface area contributed by atoms with E-state index in [-0.39, 0.29) is 5.54 Å². The van der Waals surface area contributed by atoms with E-state index in [0.29, 0.717) is 13.1 Å². The van der Waals surface area contributed by atoms with Crippen molar-refractivity contribution in [3.8, 4) is 0 Å². The van der Waals surface area contributed by atoms with Crippen LogP contribution in [0.4, 0.5) is 0 Å². The van der Waals surface area contributed by atoms with E-state index < -0.39 is 10.0 Å². The zero-order chi connectivity index (χ0) is 7.99. The molecule has 1 rings (SSSR count). The van der Waals surface area contributed by atoms with Crippen molar-refractivity contribution in [3.05, 3.63) is 0 Å². The summed E-state index contributed by atoms with van der Waals surface area (Å²) in [6, 6.07) is 0. The highest BCUT2D eigenvalue weighted by atomic mass is 32.2. The molecule has 2 N–H and O–H groups in total. The summed E-state index contributed by atoms with van der Waals surface area (Å²) in [6.07, 6.45) is 1.20. The fourth-order valence-corrected chi connectivity index (χ4v) is 2.05. The normalized spacial score (nSPS) is 25.9. The topological polar surface area (TPSA) is 63.4 Å². The molecule has 1 aliphatic heterocycles. The van der Waals surface area contributed by atoms with Gasteiger partial charge in [-0.15, -0.1) is 0 Å². The van der Waals surface area contributed by atoms with Gasteiger partial charge in [-0.05, 0) is 6.92 Å². The molecule has 1 saturated heterocycles. The second-order valence-corrected chi connectivity index (χ2v) is 5.17. The van der Waals surface area contributed by atoms with E-state index in [9.17, 15) is 8.42 Å². The summed E-state index contributed by atoms with van der Waals surface area (Å²) in [6.45, 7) is 2.74. The van der Waals surface area contributed by atoms with Gasteiger partial charge in [-0.1, -0.05) is 0 Å². The first-order valence-electron chi connectivity index (χ1n) is 3.05. The van der Waals surface area contributed by atoms with Crippen LogP contribution in [0.25, 0.3) is 0 Å². The molecule has 0 aromatic heterocycles. The molecule has 10 heavy (non-hydrogen) atoms. The average Bonchev–Trinajstić information content (AvgIpc) is 1.56. The summed E-state index contributed by atoms with van der Waals surface area (Å²) in [5.74, 6) is 0. The Balaban J connectivity index is 2.57. The van der Waals surface area contributed by atoms with Gasteiger partial charge >= 0.3 is 0 Å². The molecule has 0 unspecified atom stereocenters. The number of nitrogens with two attached hydrogens (primary N) is 1. The van der Waals surface area contributed by atoms with Crippen LogP contribution in [0.15, 0.2) is 0 Å². The van der Waals surface area contributed by atoms with Crippen LogP contribution >= 0.6 is 0 Å². The predicted octanol–water partition coefficient (Wildman–Crippen LogP) is -1.02. The van der Waals surface area contributed by atoms with Crippen molar-refractivity contribution in [3.63, 3.8) is 0 Å². The molecule has 0 atom stereocenters. The Kier molecular flexibility index (Phi) is 1.54. The van der Waals surface area contributed by atoms with Crippen molar-refractivity contribution < 1.29 is 8.42 Å². The Hall–Kier alpha value is -0.130. The summed E-state index contributed by atoms with van der Waals surface area (Å²) in [4.78, 5) is 0. The molecule has 1 heterocycles. The third-order valence-corrected chi connectivity index (χ3v) is 2.74. The van der Waals surface area contributed by atoms with Crippen LogP contribution in [0.3, 0.4) is 0 Å². The van der Waals surface area contributed by atoms with Crippen molar-refractivity contribution >= 4 is 10.0 Å². The largest absolute Gasteiger partial charge is 0.323 e. The van der Waals surface area contributed by atoms with Gasteiger partial charge in [0.05, 0.1) is 6.26 Å². The van der Waals surface area contributed by atoms with Crippen LogP contribution in [0.2, 0.25) is 0 Å². The molecule has 0 bridgehead atoms. The van der Waals surface area contributed by atoms with E-state index in [1.807, 2.05) is 6.92 Å². The number of hydrogen-bond donors (Lipinski definition) is 1. The first-order valence-corrected chi connectivity index (χ1v) is 4.90. The standard InChI is InChI=1S/C5H12N2O2S/c1-5(6)3-7(4-5)10(2,8)9/h3-4,6H2,1-2H3. The van der Waals surface area contributed by atoms with Gasteiger partial charge in [-0.25, -0.2) is 8.42 Å². The Labute approximate surface area is 61.1 Å². The quantitative estimate of drug-likeness (QED) is 0.539. The summed E-state index contributed by atoms with van der Waals surface area (Å²) in [5.41, 5.74) is 5.30. The van der Waals surface area contributed by atoms with Crippen LogP contribution in [-0.4, -0.2) is 37.6 Å². The van der Waals surface area contributed by atoms with Crippen LogP contribution in [-0.2, 0) is 10.0 Å². The van der Waals surface area contributed by atoms with E-state index in [2.05, 4.69) is 0 Å². The van der Waals surface area contributed by atoms with Crippen LogP contribution in [0.5, 0.6) is 0 Å². The second kappa shape index (κ2) is 1.93. The Bertz CT molecular complexity index is 224. The Morgan fingerprint density at radius 1 is 1.50 bits per heavy atom. The highest BCUT2D eigenvalue weighted by Crippen LogP contribution is 2.19. The highest BCUT2D eigenvalue weighted by Gasteiger charge is 2.39. The average molecular weight is 164 g/mol. The van der Waals surface area contributed by atoms with Gasteiger partial charge in [0.2, 0.25) is 10.0 Å². The van der Waals surface area contributed by atoms with Crippen molar-refractivity contribution in [2.75, 3.05) is 19.3 Å². The molecule has 0 spiro atoms. The smallest absolute Gasteiger partial charge is 0.211 e. The Morgan fingerprint density at radius 2 is 1.90 bits per heavy atom. The van der Waals surface area contributed by atoms with Crippen molar-refractivity contribution in [2.24, 2.45) is 5.73 Å². The maximum atomic E-state index is 10.8. The molecule has 0 aromatic rings. The van der Waals surface area contributed by atoms with Crippen molar-refractivity contribution in [1.82, 2.24) is 4.31 Å². The third kappa shape index (κ3) is 1.47. The summed E-state index contributed by atoms with van der Waals surface area (Å²) in [5, 5.41) is 0. The van der Waals surface area contributed by atoms with E-state index in [4.69, 9.17) is 5.73 Å². The van der Waals surface area contributed by atoms with Gasteiger partial charge < -0.3 is 5.73 Å². The fourth-order valence-electron chi connectivity index (χ4n) is 0.994. The molecular formula is C5H12N2O2S. The molecule has 60 valence electrons.